The minimum absolute atomic E-state index is 0. The predicted molar refractivity (Wildman–Crippen MR) is 164 cm³/mol. The van der Waals surface area contributed by atoms with Crippen molar-refractivity contribution in [1.29, 1.82) is 0 Å². The van der Waals surface area contributed by atoms with Crippen LogP contribution >= 0.6 is 34.8 Å². The third kappa shape index (κ3) is 11.4. The number of rotatable bonds is 10. The molecule has 1 radical (unpaired) electrons. The first-order valence-electron chi connectivity index (χ1n) is 11.9. The molecule has 1 aromatic heterocycles. The third-order valence-electron chi connectivity index (χ3n) is 5.68. The molecule has 0 aliphatic rings. The molecule has 5 N–H and O–H groups in total. The van der Waals surface area contributed by atoms with E-state index in [0.717, 1.165) is 30.5 Å². The molecule has 4 aromatic rings. The van der Waals surface area contributed by atoms with Crippen LogP contribution in [0, 0.1) is 0 Å². The van der Waals surface area contributed by atoms with Gasteiger partial charge in [0, 0.05) is 23.3 Å². The van der Waals surface area contributed by atoms with Gasteiger partial charge >= 0.3 is 66.5 Å². The number of carbonyl (C=O) groups is 1. The number of phenolic OH excluding ortho intramolecular Hbond substituents is 1. The minimum Gasteiger partial charge on any atom is -0.504 e. The maximum atomic E-state index is 12.0. The summed E-state index contributed by atoms with van der Waals surface area (Å²) in [6, 6.07) is 11.5. The van der Waals surface area contributed by atoms with Gasteiger partial charge in [-0.15, -0.1) is 0 Å². The second kappa shape index (κ2) is 18.5. The smallest absolute Gasteiger partial charge is 0.504 e. The summed E-state index contributed by atoms with van der Waals surface area (Å²) < 4.78 is 66.0. The molecule has 0 aliphatic carbocycles. The van der Waals surface area contributed by atoms with Crippen molar-refractivity contribution in [2.75, 3.05) is 5.32 Å². The van der Waals surface area contributed by atoms with Crippen molar-refractivity contribution in [3.05, 3.63) is 87.2 Å². The van der Waals surface area contributed by atoms with Crippen molar-refractivity contribution >= 4 is 90.1 Å². The topological polar surface area (TPSA) is 241 Å². The maximum absolute atomic E-state index is 12.0. The Balaban J connectivity index is 0.00000576. The Labute approximate surface area is 344 Å². The Morgan fingerprint density at radius 2 is 1.52 bits per heavy atom. The van der Waals surface area contributed by atoms with Crippen LogP contribution in [0.2, 0.25) is 15.5 Å². The van der Waals surface area contributed by atoms with E-state index in [4.69, 9.17) is 34.8 Å². The normalized spacial score (nSPS) is 12.1. The number of anilines is 2. The molecule has 0 amide bonds. The Morgan fingerprint density at radius 1 is 0.896 bits per heavy atom. The van der Waals surface area contributed by atoms with E-state index >= 15 is 0 Å². The van der Waals surface area contributed by atoms with E-state index in [9.17, 15) is 40.9 Å². The number of benzene rings is 3. The van der Waals surface area contributed by atoms with Gasteiger partial charge < -0.3 is 15.5 Å². The van der Waals surface area contributed by atoms with Crippen molar-refractivity contribution in [3.63, 3.8) is 0 Å². The van der Waals surface area contributed by atoms with Gasteiger partial charge in [-0.05, 0) is 47.5 Å². The van der Waals surface area contributed by atoms with Crippen LogP contribution in [-0.2, 0) is 37.3 Å². The van der Waals surface area contributed by atoms with Crippen LogP contribution in [0.3, 0.4) is 0 Å². The summed E-state index contributed by atoms with van der Waals surface area (Å²) in [5.74, 6) is -2.42. The van der Waals surface area contributed by atoms with Crippen molar-refractivity contribution in [1.82, 2.24) is 9.97 Å². The molecule has 0 saturated heterocycles. The van der Waals surface area contributed by atoms with E-state index in [1.807, 2.05) is 0 Å². The fraction of sp³-hybridized carbons (Fsp3) is 0.0400. The molecular formula is C25H18Cl3CuN6Na2O9S2+3. The average Bonchev–Trinajstić information content (AvgIpc) is 2.96. The summed E-state index contributed by atoms with van der Waals surface area (Å²) in [6.07, 6.45) is 1.13. The molecule has 0 saturated carbocycles. The Kier molecular flexibility index (Phi) is 17.1. The van der Waals surface area contributed by atoms with Crippen LogP contribution in [-0.4, -0.2) is 58.3 Å². The first-order valence-corrected chi connectivity index (χ1v) is 15.9. The number of azo groups is 1. The molecule has 1 heterocycles. The van der Waals surface area contributed by atoms with E-state index in [0.29, 0.717) is 11.6 Å². The summed E-state index contributed by atoms with van der Waals surface area (Å²) in [5.41, 5.74) is -1.14. The second-order valence-electron chi connectivity index (χ2n) is 8.69. The monoisotopic (exact) mass is 824 g/mol. The molecule has 0 bridgehead atoms. The minimum atomic E-state index is -4.85. The number of phenols is 1. The molecule has 48 heavy (non-hydrogen) atoms. The van der Waals surface area contributed by atoms with Gasteiger partial charge in [-0.3, -0.25) is 14.1 Å². The van der Waals surface area contributed by atoms with Crippen LogP contribution in [0.1, 0.15) is 23.4 Å². The van der Waals surface area contributed by atoms with Gasteiger partial charge in [0.1, 0.15) is 16.8 Å². The summed E-state index contributed by atoms with van der Waals surface area (Å²) in [6.45, 7) is 0. The molecule has 1 unspecified atom stereocenters. The number of aromatic nitrogens is 2. The van der Waals surface area contributed by atoms with Crippen molar-refractivity contribution in [2.45, 2.75) is 15.8 Å². The molecule has 1 atom stereocenters. The maximum Gasteiger partial charge on any atom is 1.00 e. The SMILES string of the molecule is O=C(O)c1cc(S(=O)(=O)O)ccc1N=NC(C=Nc1cc(S(=O)(=O)O)cc(Nc2nc(Cl)nc(Cl)c2Cl)c1O)c1ccccc1.[Cu].[H+].[Na+].[Na+]. The van der Waals surface area contributed by atoms with Crippen LogP contribution in [0.5, 0.6) is 5.75 Å². The van der Waals surface area contributed by atoms with E-state index in [2.05, 4.69) is 30.5 Å². The van der Waals surface area contributed by atoms with E-state index in [-0.39, 0.29) is 110 Å². The Bertz CT molecular complexity index is 2110. The van der Waals surface area contributed by atoms with Gasteiger partial charge in [-0.1, -0.05) is 53.5 Å². The number of carboxylic acids is 1. The van der Waals surface area contributed by atoms with Gasteiger partial charge in [0.2, 0.25) is 5.28 Å². The van der Waals surface area contributed by atoms with Gasteiger partial charge in [-0.25, -0.2) is 9.78 Å². The van der Waals surface area contributed by atoms with Gasteiger partial charge in [0.25, 0.3) is 20.2 Å². The van der Waals surface area contributed by atoms with E-state index in [1.165, 1.54) is 0 Å². The van der Waals surface area contributed by atoms with E-state index < -0.39 is 59.0 Å². The summed E-state index contributed by atoms with van der Waals surface area (Å²) in [4.78, 5) is 22.0. The number of aromatic hydroxyl groups is 1. The molecule has 23 heteroatoms. The Morgan fingerprint density at radius 3 is 2.10 bits per heavy atom. The summed E-state index contributed by atoms with van der Waals surface area (Å²) in [5, 5.41) is 30.3. The molecule has 4 rings (SSSR count). The largest absolute Gasteiger partial charge is 1.00 e. The zero-order valence-corrected chi connectivity index (χ0v) is 33.1. The first-order chi connectivity index (χ1) is 21.0. The Hall–Kier alpha value is -1.71. The van der Waals surface area contributed by atoms with Crippen molar-refractivity contribution in [3.8, 4) is 5.75 Å². The number of halogens is 3. The average molecular weight is 826 g/mol. The molecule has 0 aliphatic heterocycles. The van der Waals surface area contributed by atoms with E-state index in [1.54, 1.807) is 30.3 Å². The first kappa shape index (κ1) is 44.3. The number of hydrogen-bond acceptors (Lipinski definition) is 12. The van der Waals surface area contributed by atoms with Gasteiger partial charge in [0.15, 0.2) is 16.7 Å². The fourth-order valence-corrected chi connectivity index (χ4v) is 5.13. The molecule has 0 fully saturated rings. The van der Waals surface area contributed by atoms with Crippen LogP contribution in [0.15, 0.2) is 85.7 Å². The number of nitrogens with one attached hydrogen (secondary N) is 1. The summed E-state index contributed by atoms with van der Waals surface area (Å²) in [7, 11) is -9.56. The number of hydrogen-bond donors (Lipinski definition) is 5. The second-order valence-corrected chi connectivity index (χ2v) is 12.6. The van der Waals surface area contributed by atoms with Gasteiger partial charge in [-0.2, -0.15) is 32.0 Å². The summed E-state index contributed by atoms with van der Waals surface area (Å²) >= 11 is 17.8. The molecule has 3 aromatic carbocycles. The molecule has 0 spiro atoms. The predicted octanol–water partition coefficient (Wildman–Crippen LogP) is 0.423. The van der Waals surface area contributed by atoms with Crippen molar-refractivity contribution in [2.24, 2.45) is 15.2 Å². The van der Waals surface area contributed by atoms with Crippen LogP contribution in [0.25, 0.3) is 0 Å². The van der Waals surface area contributed by atoms with Gasteiger partial charge in [0.05, 0.1) is 26.7 Å². The zero-order valence-electron chi connectivity index (χ0n) is 25.2. The molecule has 245 valence electrons. The number of carboxylic acid groups (broad SMARTS) is 1. The number of aliphatic imine (C=N–C) groups is 1. The number of nitrogens with zero attached hydrogens (tertiary/aromatic N) is 5. The van der Waals surface area contributed by atoms with Crippen LogP contribution < -0.4 is 64.4 Å². The number of aromatic carboxylic acids is 1. The van der Waals surface area contributed by atoms with Crippen LogP contribution in [0.4, 0.5) is 22.9 Å². The third-order valence-corrected chi connectivity index (χ3v) is 8.26. The van der Waals surface area contributed by atoms with Crippen molar-refractivity contribution < 1.29 is 119 Å². The zero-order chi connectivity index (χ0) is 33.1. The molecular weight excluding hydrogens is 808 g/mol. The molecule has 15 nitrogen and oxygen atoms in total. The standard InChI is InChI=1S/C25H17Cl3N6O9S2.Cu.2Na/c26-20-22(27)31-25(28)32-23(20)30-18-10-14(45(41,42)43)9-17(21(18)35)29-11-19(12-4-2-1-3-5-12)34-33-16-7-6-13(44(38,39)40)8-15(16)24(36)37;;;/h1-11,19,35H,(H,36,37)(H,30,31,32)(H,38,39,40)(H,41,42,43);;;/q;;2*+1/p+1. The fourth-order valence-electron chi connectivity index (χ4n) is 3.58. The quantitative estimate of drug-likeness (QED) is 0.0278.